The molecule has 1 heterocycles. The van der Waals surface area contributed by atoms with Gasteiger partial charge in [-0.2, -0.15) is 5.26 Å². The Labute approximate surface area is 111 Å². The number of rotatable bonds is 3. The maximum atomic E-state index is 9.07. The molecule has 2 rings (SSSR count). The number of halogens is 1. The average molecular weight is 268 g/mol. The van der Waals surface area contributed by atoms with Gasteiger partial charge in [-0.25, -0.2) is 0 Å². The predicted octanol–water partition coefficient (Wildman–Crippen LogP) is 3.10. The monoisotopic (exact) mass is 267 g/mol. The van der Waals surface area contributed by atoms with E-state index in [-0.39, 0.29) is 0 Å². The van der Waals surface area contributed by atoms with Crippen LogP contribution in [-0.2, 0) is 4.74 Å². The van der Waals surface area contributed by atoms with Crippen LogP contribution in [0.15, 0.2) is 12.1 Å². The minimum Gasteiger partial charge on any atom is -0.489 e. The van der Waals surface area contributed by atoms with E-state index >= 15 is 0 Å². The largest absolute Gasteiger partial charge is 0.489 e. The second-order valence-corrected chi connectivity index (χ2v) is 4.25. The number of fused-ring (bicyclic) bond motifs is 1. The van der Waals surface area contributed by atoms with E-state index < -0.39 is 6.10 Å². The summed E-state index contributed by atoms with van der Waals surface area (Å²) in [6, 6.07) is 5.54. The Kier molecular flexibility index (Phi) is 4.29. The molecular weight excluding hydrogens is 254 g/mol. The molecule has 5 heteroatoms. The van der Waals surface area contributed by atoms with Crippen LogP contribution in [0.2, 0.25) is 5.02 Å². The van der Waals surface area contributed by atoms with Gasteiger partial charge in [0, 0.05) is 18.6 Å². The van der Waals surface area contributed by atoms with E-state index in [1.807, 2.05) is 6.92 Å². The number of hydrogen-bond donors (Lipinski definition) is 0. The fourth-order valence-electron chi connectivity index (χ4n) is 1.78. The van der Waals surface area contributed by atoms with E-state index in [4.69, 9.17) is 31.1 Å². The van der Waals surface area contributed by atoms with Crippen LogP contribution in [0.1, 0.15) is 25.0 Å². The molecule has 18 heavy (non-hydrogen) atoms. The summed E-state index contributed by atoms with van der Waals surface area (Å²) >= 11 is 6.15. The Balaban J connectivity index is 2.37. The van der Waals surface area contributed by atoms with Crippen LogP contribution in [0, 0.1) is 11.3 Å². The standard InChI is InChI=1S/C13H14ClNO3/c1-2-16-12(8-15)9-6-10(14)13-11(7-9)17-4-3-5-18-13/h6-7,12H,2-5H2,1H3. The highest BCUT2D eigenvalue weighted by molar-refractivity contribution is 6.32. The molecule has 4 nitrogen and oxygen atoms in total. The van der Waals surface area contributed by atoms with Crippen LogP contribution < -0.4 is 9.47 Å². The summed E-state index contributed by atoms with van der Waals surface area (Å²) in [6.45, 7) is 3.47. The predicted molar refractivity (Wildman–Crippen MR) is 67.0 cm³/mol. The summed E-state index contributed by atoms with van der Waals surface area (Å²) in [6.07, 6.45) is 0.178. The third-order valence-electron chi connectivity index (χ3n) is 2.58. The van der Waals surface area contributed by atoms with Crippen LogP contribution in [0.25, 0.3) is 0 Å². The highest BCUT2D eigenvalue weighted by atomic mass is 35.5. The first-order valence-electron chi connectivity index (χ1n) is 5.86. The molecule has 0 saturated carbocycles. The minimum atomic E-state index is -0.635. The Morgan fingerprint density at radius 1 is 1.44 bits per heavy atom. The molecule has 0 N–H and O–H groups in total. The molecule has 1 aromatic carbocycles. The minimum absolute atomic E-state index is 0.448. The van der Waals surface area contributed by atoms with Crippen molar-refractivity contribution in [3.05, 3.63) is 22.7 Å². The van der Waals surface area contributed by atoms with Crippen molar-refractivity contribution in [2.24, 2.45) is 0 Å². The molecule has 0 fully saturated rings. The summed E-state index contributed by atoms with van der Waals surface area (Å²) in [5, 5.41) is 9.52. The quantitative estimate of drug-likeness (QED) is 0.844. The zero-order chi connectivity index (χ0) is 13.0. The topological polar surface area (TPSA) is 51.5 Å². The molecule has 0 saturated heterocycles. The van der Waals surface area contributed by atoms with E-state index in [1.165, 1.54) is 0 Å². The van der Waals surface area contributed by atoms with Gasteiger partial charge in [0.15, 0.2) is 17.6 Å². The number of benzene rings is 1. The molecule has 1 atom stereocenters. The first-order valence-corrected chi connectivity index (χ1v) is 6.24. The van der Waals surface area contributed by atoms with Crippen molar-refractivity contribution in [3.8, 4) is 17.6 Å². The molecule has 0 aliphatic carbocycles. The number of ether oxygens (including phenoxy) is 3. The highest BCUT2D eigenvalue weighted by Crippen LogP contribution is 2.39. The van der Waals surface area contributed by atoms with Crippen LogP contribution in [0.4, 0.5) is 0 Å². The normalized spacial score (nSPS) is 15.6. The Morgan fingerprint density at radius 2 is 2.22 bits per heavy atom. The van der Waals surface area contributed by atoms with Gasteiger partial charge >= 0.3 is 0 Å². The molecular formula is C13H14ClNO3. The van der Waals surface area contributed by atoms with Gasteiger partial charge in [0.05, 0.1) is 24.3 Å². The zero-order valence-electron chi connectivity index (χ0n) is 10.1. The molecule has 1 aromatic rings. The van der Waals surface area contributed by atoms with Crippen molar-refractivity contribution in [2.75, 3.05) is 19.8 Å². The van der Waals surface area contributed by atoms with Gasteiger partial charge in [-0.15, -0.1) is 0 Å². The van der Waals surface area contributed by atoms with E-state index in [9.17, 15) is 0 Å². The molecule has 0 radical (unpaired) electrons. The molecule has 1 unspecified atom stereocenters. The van der Waals surface area contributed by atoms with Crippen molar-refractivity contribution in [1.82, 2.24) is 0 Å². The lowest BCUT2D eigenvalue weighted by Crippen LogP contribution is -2.03. The summed E-state index contributed by atoms with van der Waals surface area (Å²) < 4.78 is 16.4. The lowest BCUT2D eigenvalue weighted by Gasteiger charge is -2.14. The van der Waals surface area contributed by atoms with Crippen molar-refractivity contribution in [3.63, 3.8) is 0 Å². The van der Waals surface area contributed by atoms with Crippen LogP contribution >= 0.6 is 11.6 Å². The third-order valence-corrected chi connectivity index (χ3v) is 2.86. The average Bonchev–Trinajstić information content (AvgIpc) is 2.61. The van der Waals surface area contributed by atoms with Gasteiger partial charge in [0.25, 0.3) is 0 Å². The molecule has 0 bridgehead atoms. The molecule has 0 spiro atoms. The second kappa shape index (κ2) is 5.94. The first-order chi connectivity index (χ1) is 8.76. The molecule has 96 valence electrons. The first kappa shape index (κ1) is 13.0. The van der Waals surface area contributed by atoms with Gasteiger partial charge in [0.2, 0.25) is 0 Å². The van der Waals surface area contributed by atoms with Crippen molar-refractivity contribution < 1.29 is 14.2 Å². The summed E-state index contributed by atoms with van der Waals surface area (Å²) in [4.78, 5) is 0. The van der Waals surface area contributed by atoms with E-state index in [0.29, 0.717) is 41.9 Å². The van der Waals surface area contributed by atoms with Crippen LogP contribution in [-0.4, -0.2) is 19.8 Å². The molecule has 0 aromatic heterocycles. The van der Waals surface area contributed by atoms with E-state index in [0.717, 1.165) is 6.42 Å². The summed E-state index contributed by atoms with van der Waals surface area (Å²) in [5.41, 5.74) is 0.689. The SMILES string of the molecule is CCOC(C#N)c1cc(Cl)c2c(c1)OCCCO2. The number of hydrogen-bond acceptors (Lipinski definition) is 4. The Morgan fingerprint density at radius 3 is 2.94 bits per heavy atom. The Hall–Kier alpha value is -1.44. The number of nitriles is 1. The van der Waals surface area contributed by atoms with Gasteiger partial charge < -0.3 is 14.2 Å². The van der Waals surface area contributed by atoms with Crippen molar-refractivity contribution >= 4 is 11.6 Å². The van der Waals surface area contributed by atoms with Crippen molar-refractivity contribution in [2.45, 2.75) is 19.4 Å². The smallest absolute Gasteiger partial charge is 0.179 e. The van der Waals surface area contributed by atoms with Gasteiger partial charge in [0.1, 0.15) is 0 Å². The number of nitrogens with zero attached hydrogens (tertiary/aromatic N) is 1. The van der Waals surface area contributed by atoms with Gasteiger partial charge in [-0.1, -0.05) is 11.6 Å². The fourth-order valence-corrected chi connectivity index (χ4v) is 2.05. The van der Waals surface area contributed by atoms with E-state index in [2.05, 4.69) is 6.07 Å². The van der Waals surface area contributed by atoms with Crippen LogP contribution in [0.3, 0.4) is 0 Å². The lowest BCUT2D eigenvalue weighted by molar-refractivity contribution is 0.102. The second-order valence-electron chi connectivity index (χ2n) is 3.84. The van der Waals surface area contributed by atoms with Crippen molar-refractivity contribution in [1.29, 1.82) is 5.26 Å². The van der Waals surface area contributed by atoms with Gasteiger partial charge in [-0.05, 0) is 19.1 Å². The van der Waals surface area contributed by atoms with Crippen LogP contribution in [0.5, 0.6) is 11.5 Å². The highest BCUT2D eigenvalue weighted by Gasteiger charge is 2.19. The molecule has 1 aliphatic rings. The van der Waals surface area contributed by atoms with E-state index in [1.54, 1.807) is 12.1 Å². The summed E-state index contributed by atoms with van der Waals surface area (Å²) in [7, 11) is 0. The maximum Gasteiger partial charge on any atom is 0.179 e. The lowest BCUT2D eigenvalue weighted by atomic mass is 10.1. The molecule has 1 aliphatic heterocycles. The third kappa shape index (κ3) is 2.69. The summed E-state index contributed by atoms with van der Waals surface area (Å²) in [5.74, 6) is 1.13. The molecule has 0 amide bonds. The Bertz CT molecular complexity index is 470. The fraction of sp³-hybridized carbons (Fsp3) is 0.462. The maximum absolute atomic E-state index is 9.07. The van der Waals surface area contributed by atoms with Gasteiger partial charge in [-0.3, -0.25) is 0 Å². The zero-order valence-corrected chi connectivity index (χ0v) is 10.9.